The Balaban J connectivity index is 2.50. The summed E-state index contributed by atoms with van der Waals surface area (Å²) < 4.78 is 28.6. The Kier molecular flexibility index (Phi) is 3.81. The predicted molar refractivity (Wildman–Crippen MR) is 77.1 cm³/mol. The Bertz CT molecular complexity index is 747. The number of aryl methyl sites for hydroxylation is 2. The molecule has 1 heterocycles. The maximum atomic E-state index is 11.5. The van der Waals surface area contributed by atoms with Gasteiger partial charge in [0.25, 0.3) is 5.22 Å². The first kappa shape index (κ1) is 14.9. The van der Waals surface area contributed by atoms with E-state index in [1.807, 2.05) is 13.8 Å². The first-order valence-corrected chi connectivity index (χ1v) is 8.09. The van der Waals surface area contributed by atoms with Crippen LogP contribution in [0.5, 0.6) is 0 Å². The molecule has 0 amide bonds. The van der Waals surface area contributed by atoms with E-state index < -0.39 is 10.0 Å². The van der Waals surface area contributed by atoms with Crippen LogP contribution in [0.1, 0.15) is 17.0 Å². The maximum absolute atomic E-state index is 11.5. The number of hydrogen-bond acceptors (Lipinski definition) is 6. The van der Waals surface area contributed by atoms with E-state index in [2.05, 4.69) is 4.98 Å². The molecular formula is C12H15N3O3S2. The zero-order valence-electron chi connectivity index (χ0n) is 11.3. The number of hydrogen-bond donors (Lipinski definition) is 2. The van der Waals surface area contributed by atoms with Gasteiger partial charge in [-0.05, 0) is 50.2 Å². The number of nitrogen functional groups attached to an aromatic ring is 1. The Morgan fingerprint density at radius 3 is 2.40 bits per heavy atom. The highest BCUT2D eigenvalue weighted by Gasteiger charge is 2.18. The van der Waals surface area contributed by atoms with E-state index in [9.17, 15) is 8.42 Å². The van der Waals surface area contributed by atoms with Crippen molar-refractivity contribution in [1.82, 2.24) is 4.98 Å². The fourth-order valence-corrected chi connectivity index (χ4v) is 3.56. The smallest absolute Gasteiger partial charge is 0.261 e. The minimum atomic E-state index is -3.82. The van der Waals surface area contributed by atoms with Crippen LogP contribution in [0.15, 0.2) is 31.6 Å². The lowest BCUT2D eigenvalue weighted by molar-refractivity contribution is 0.431. The fraction of sp³-hybridized carbons (Fsp3) is 0.250. The molecule has 0 unspecified atom stereocenters. The predicted octanol–water partition coefficient (Wildman–Crippen LogP) is 1.98. The lowest BCUT2D eigenvalue weighted by Gasteiger charge is -2.09. The Labute approximate surface area is 121 Å². The molecule has 0 spiro atoms. The lowest BCUT2D eigenvalue weighted by atomic mass is 10.2. The van der Waals surface area contributed by atoms with E-state index >= 15 is 0 Å². The molecule has 0 radical (unpaired) electrons. The summed E-state index contributed by atoms with van der Waals surface area (Å²) in [5, 5.41) is 5.62. The molecule has 108 valence electrons. The van der Waals surface area contributed by atoms with Crippen molar-refractivity contribution in [3.8, 4) is 0 Å². The van der Waals surface area contributed by atoms with Crippen molar-refractivity contribution in [2.45, 2.75) is 35.8 Å². The molecule has 0 bridgehead atoms. The zero-order chi connectivity index (χ0) is 15.1. The van der Waals surface area contributed by atoms with E-state index in [0.29, 0.717) is 21.4 Å². The molecule has 1 aromatic carbocycles. The molecule has 20 heavy (non-hydrogen) atoms. The number of oxazole rings is 1. The van der Waals surface area contributed by atoms with Gasteiger partial charge in [0, 0.05) is 10.6 Å². The molecule has 2 aromatic rings. The van der Waals surface area contributed by atoms with Crippen LogP contribution in [0.25, 0.3) is 0 Å². The summed E-state index contributed by atoms with van der Waals surface area (Å²) in [5.41, 5.74) is 7.37. The molecule has 0 fully saturated rings. The fourth-order valence-electron chi connectivity index (χ4n) is 1.66. The van der Waals surface area contributed by atoms with Crippen molar-refractivity contribution in [1.29, 1.82) is 0 Å². The second-order valence-electron chi connectivity index (χ2n) is 4.41. The van der Waals surface area contributed by atoms with Gasteiger partial charge in [-0.2, -0.15) is 0 Å². The molecule has 1 aromatic heterocycles. The van der Waals surface area contributed by atoms with E-state index in [4.69, 9.17) is 15.3 Å². The lowest BCUT2D eigenvalue weighted by Crippen LogP contribution is -2.14. The number of rotatable bonds is 3. The van der Waals surface area contributed by atoms with Gasteiger partial charge in [-0.25, -0.2) is 18.5 Å². The summed E-state index contributed by atoms with van der Waals surface area (Å²) in [5.74, 6) is 0.723. The molecule has 0 saturated carbocycles. The third-order valence-electron chi connectivity index (χ3n) is 2.85. The first-order valence-electron chi connectivity index (χ1n) is 5.73. The number of nitrogens with two attached hydrogens (primary N) is 2. The molecule has 8 heteroatoms. The number of primary sulfonamides is 1. The largest absolute Gasteiger partial charge is 0.436 e. The normalized spacial score (nSPS) is 11.8. The number of sulfonamides is 1. The summed E-state index contributed by atoms with van der Waals surface area (Å²) in [6.45, 7) is 5.32. The van der Waals surface area contributed by atoms with Crippen molar-refractivity contribution < 1.29 is 12.8 Å². The molecule has 4 N–H and O–H groups in total. The van der Waals surface area contributed by atoms with Crippen LogP contribution in [0.2, 0.25) is 0 Å². The van der Waals surface area contributed by atoms with Crippen LogP contribution in [0.4, 0.5) is 5.69 Å². The van der Waals surface area contributed by atoms with Crippen LogP contribution in [-0.2, 0) is 10.0 Å². The molecule has 6 nitrogen and oxygen atoms in total. The van der Waals surface area contributed by atoms with Gasteiger partial charge < -0.3 is 10.2 Å². The van der Waals surface area contributed by atoms with E-state index in [-0.39, 0.29) is 4.90 Å². The van der Waals surface area contributed by atoms with Gasteiger partial charge >= 0.3 is 0 Å². The number of anilines is 1. The minimum Gasteiger partial charge on any atom is -0.436 e. The number of nitrogens with zero attached hydrogens (tertiary/aromatic N) is 1. The van der Waals surface area contributed by atoms with E-state index in [0.717, 1.165) is 11.5 Å². The van der Waals surface area contributed by atoms with Gasteiger partial charge in [-0.15, -0.1) is 0 Å². The summed E-state index contributed by atoms with van der Waals surface area (Å²) in [4.78, 5) is 4.91. The zero-order valence-corrected chi connectivity index (χ0v) is 12.9. The molecule has 0 saturated heterocycles. The molecule has 0 aliphatic rings. The molecule has 0 aliphatic carbocycles. The minimum absolute atomic E-state index is 0.0139. The highest BCUT2D eigenvalue weighted by Crippen LogP contribution is 2.34. The third kappa shape index (κ3) is 2.97. The van der Waals surface area contributed by atoms with Gasteiger partial charge in [0.05, 0.1) is 10.6 Å². The highest BCUT2D eigenvalue weighted by molar-refractivity contribution is 7.99. The van der Waals surface area contributed by atoms with E-state index in [1.165, 1.54) is 17.8 Å². The maximum Gasteiger partial charge on any atom is 0.261 e. The van der Waals surface area contributed by atoms with Crippen LogP contribution in [0, 0.1) is 20.8 Å². The molecule has 0 aliphatic heterocycles. The molecular weight excluding hydrogens is 298 g/mol. The van der Waals surface area contributed by atoms with Gasteiger partial charge in [0.15, 0.2) is 0 Å². The topological polar surface area (TPSA) is 112 Å². The third-order valence-corrected chi connectivity index (χ3v) is 4.88. The van der Waals surface area contributed by atoms with Crippen molar-refractivity contribution in [3.05, 3.63) is 29.2 Å². The van der Waals surface area contributed by atoms with Crippen molar-refractivity contribution >= 4 is 27.5 Å². The second kappa shape index (κ2) is 5.12. The quantitative estimate of drug-likeness (QED) is 0.838. The average molecular weight is 313 g/mol. The second-order valence-corrected chi connectivity index (χ2v) is 6.93. The highest BCUT2D eigenvalue weighted by atomic mass is 32.2. The Morgan fingerprint density at radius 2 is 1.90 bits per heavy atom. The van der Waals surface area contributed by atoms with Crippen LogP contribution < -0.4 is 10.9 Å². The first-order chi connectivity index (χ1) is 9.18. The van der Waals surface area contributed by atoms with Gasteiger partial charge in [0.1, 0.15) is 5.76 Å². The van der Waals surface area contributed by atoms with E-state index in [1.54, 1.807) is 13.0 Å². The Hall–Kier alpha value is -1.51. The monoisotopic (exact) mass is 313 g/mol. The summed E-state index contributed by atoms with van der Waals surface area (Å²) in [6.07, 6.45) is 0. The number of benzene rings is 1. The number of aromatic nitrogens is 1. The van der Waals surface area contributed by atoms with Gasteiger partial charge in [-0.1, -0.05) is 0 Å². The Morgan fingerprint density at radius 1 is 1.25 bits per heavy atom. The SMILES string of the molecule is Cc1nc(Sc2cc(N)cc(S(N)(=O)=O)c2C)oc1C. The van der Waals surface area contributed by atoms with Crippen molar-refractivity contribution in [2.24, 2.45) is 5.14 Å². The summed E-state index contributed by atoms with van der Waals surface area (Å²) >= 11 is 1.22. The average Bonchev–Trinajstić information content (AvgIpc) is 2.61. The van der Waals surface area contributed by atoms with Gasteiger partial charge in [-0.3, -0.25) is 0 Å². The summed E-state index contributed by atoms with van der Waals surface area (Å²) in [6, 6.07) is 3.02. The molecule has 0 atom stereocenters. The summed E-state index contributed by atoms with van der Waals surface area (Å²) in [7, 11) is -3.82. The van der Waals surface area contributed by atoms with Crippen LogP contribution in [-0.4, -0.2) is 13.4 Å². The van der Waals surface area contributed by atoms with Crippen LogP contribution in [0.3, 0.4) is 0 Å². The molecule has 2 rings (SSSR count). The standard InChI is InChI=1S/C12H15N3O3S2/c1-6-10(19-12-15-7(2)8(3)18-12)4-9(13)5-11(6)20(14,16)17/h4-5H,13H2,1-3H3,(H2,14,16,17). The van der Waals surface area contributed by atoms with Crippen molar-refractivity contribution in [3.63, 3.8) is 0 Å². The van der Waals surface area contributed by atoms with Crippen molar-refractivity contribution in [2.75, 3.05) is 5.73 Å². The van der Waals surface area contributed by atoms with Crippen LogP contribution >= 0.6 is 11.8 Å². The van der Waals surface area contributed by atoms with Gasteiger partial charge in [0.2, 0.25) is 10.0 Å².